The molecule has 0 saturated carbocycles. The molecule has 0 unspecified atom stereocenters. The van der Waals surface area contributed by atoms with Crippen molar-refractivity contribution in [1.82, 2.24) is 5.32 Å². The first kappa shape index (κ1) is 13.7. The van der Waals surface area contributed by atoms with E-state index in [9.17, 15) is 0 Å². The number of benzene rings is 1. The Bertz CT molecular complexity index is 536. The van der Waals surface area contributed by atoms with E-state index in [0.29, 0.717) is 0 Å². The van der Waals surface area contributed by atoms with Crippen LogP contribution in [0.4, 0.5) is 0 Å². The number of hydrogen-bond acceptors (Lipinski definition) is 3. The number of hydrogen-bond donors (Lipinski definition) is 1. The lowest BCUT2D eigenvalue weighted by atomic mass is 10.1. The summed E-state index contributed by atoms with van der Waals surface area (Å²) in [5, 5.41) is 5.56. The summed E-state index contributed by atoms with van der Waals surface area (Å²) in [5.41, 5.74) is 2.99. The van der Waals surface area contributed by atoms with Gasteiger partial charge in [-0.05, 0) is 60.4 Å². The molecule has 2 aromatic rings. The van der Waals surface area contributed by atoms with Gasteiger partial charge < -0.3 is 10.1 Å². The van der Waals surface area contributed by atoms with Gasteiger partial charge in [0.15, 0.2) is 0 Å². The third-order valence-corrected chi connectivity index (χ3v) is 4.68. The maximum Gasteiger partial charge on any atom is 0.119 e. The highest BCUT2D eigenvalue weighted by Gasteiger charge is 2.10. The van der Waals surface area contributed by atoms with Crippen LogP contribution < -0.4 is 10.1 Å². The highest BCUT2D eigenvalue weighted by molar-refractivity contribution is 7.09. The third kappa shape index (κ3) is 3.62. The van der Waals surface area contributed by atoms with E-state index in [1.54, 1.807) is 0 Å². The van der Waals surface area contributed by atoms with Crippen LogP contribution in [-0.4, -0.2) is 19.7 Å². The molecular formula is C17H21NOS. The molecular weight excluding hydrogens is 266 g/mol. The molecule has 0 saturated heterocycles. The maximum absolute atomic E-state index is 5.81. The Morgan fingerprint density at radius 2 is 2.05 bits per heavy atom. The van der Waals surface area contributed by atoms with Gasteiger partial charge in [0.1, 0.15) is 12.4 Å². The molecule has 0 spiro atoms. The Morgan fingerprint density at radius 1 is 1.10 bits per heavy atom. The van der Waals surface area contributed by atoms with E-state index in [1.165, 1.54) is 35.3 Å². The summed E-state index contributed by atoms with van der Waals surface area (Å²) >= 11 is 1.82. The molecule has 0 radical (unpaired) electrons. The van der Waals surface area contributed by atoms with Crippen LogP contribution in [0.2, 0.25) is 0 Å². The first-order chi connectivity index (χ1) is 9.92. The lowest BCUT2D eigenvalue weighted by Crippen LogP contribution is -2.23. The maximum atomic E-state index is 5.81. The fraction of sp³-hybridized carbons (Fsp3) is 0.412. The Hall–Kier alpha value is -1.32. The second-order valence-corrected chi connectivity index (χ2v) is 6.24. The zero-order valence-corrected chi connectivity index (χ0v) is 12.5. The van der Waals surface area contributed by atoms with Crippen LogP contribution in [0.1, 0.15) is 22.4 Å². The van der Waals surface area contributed by atoms with Crippen LogP contribution >= 0.6 is 11.3 Å². The van der Waals surface area contributed by atoms with Crippen molar-refractivity contribution < 1.29 is 4.74 Å². The standard InChI is InChI=1S/C17H21NOS/c1-3-14-6-7-16(13-15(14)4-1)19-11-10-18-9-8-17-5-2-12-20-17/h2,5-7,12-13,18H,1,3-4,8-11H2. The molecule has 1 aliphatic carbocycles. The average Bonchev–Trinajstić information content (AvgIpc) is 3.13. The molecule has 0 amide bonds. The molecule has 3 heteroatoms. The van der Waals surface area contributed by atoms with E-state index in [0.717, 1.165) is 31.9 Å². The quantitative estimate of drug-likeness (QED) is 0.788. The van der Waals surface area contributed by atoms with Crippen molar-refractivity contribution in [2.45, 2.75) is 25.7 Å². The summed E-state index contributed by atoms with van der Waals surface area (Å²) in [4.78, 5) is 1.44. The molecule has 2 nitrogen and oxygen atoms in total. The van der Waals surface area contributed by atoms with Crippen molar-refractivity contribution in [3.8, 4) is 5.75 Å². The highest BCUT2D eigenvalue weighted by atomic mass is 32.1. The molecule has 0 aliphatic heterocycles. The SMILES string of the molecule is c1csc(CCNCCOc2ccc3c(c2)CCC3)c1. The van der Waals surface area contributed by atoms with Gasteiger partial charge in [-0.15, -0.1) is 11.3 Å². The average molecular weight is 287 g/mol. The van der Waals surface area contributed by atoms with Crippen LogP contribution in [-0.2, 0) is 19.3 Å². The van der Waals surface area contributed by atoms with Crippen LogP contribution in [0.5, 0.6) is 5.75 Å². The molecule has 3 rings (SSSR count). The monoisotopic (exact) mass is 287 g/mol. The van der Waals surface area contributed by atoms with Crippen LogP contribution in [0.15, 0.2) is 35.7 Å². The predicted molar refractivity (Wildman–Crippen MR) is 84.9 cm³/mol. The molecule has 1 heterocycles. The Labute approximate surface area is 124 Å². The number of ether oxygens (including phenoxy) is 1. The van der Waals surface area contributed by atoms with Gasteiger partial charge in [0.2, 0.25) is 0 Å². The minimum atomic E-state index is 0.739. The lowest BCUT2D eigenvalue weighted by Gasteiger charge is -2.09. The molecule has 1 aliphatic rings. The van der Waals surface area contributed by atoms with Gasteiger partial charge in [0.25, 0.3) is 0 Å². The van der Waals surface area contributed by atoms with Gasteiger partial charge in [0, 0.05) is 18.0 Å². The number of thiophene rings is 1. The molecule has 1 aromatic heterocycles. The zero-order chi connectivity index (χ0) is 13.6. The largest absolute Gasteiger partial charge is 0.492 e. The van der Waals surface area contributed by atoms with Crippen molar-refractivity contribution in [2.24, 2.45) is 0 Å². The molecule has 0 bridgehead atoms. The summed E-state index contributed by atoms with van der Waals surface area (Å²) in [7, 11) is 0. The first-order valence-electron chi connectivity index (χ1n) is 7.39. The fourth-order valence-corrected chi connectivity index (χ4v) is 3.38. The molecule has 20 heavy (non-hydrogen) atoms. The van der Waals surface area contributed by atoms with Crippen molar-refractivity contribution in [2.75, 3.05) is 19.7 Å². The number of aryl methyl sites for hydroxylation is 2. The van der Waals surface area contributed by atoms with Gasteiger partial charge in [-0.1, -0.05) is 12.1 Å². The van der Waals surface area contributed by atoms with E-state index in [1.807, 2.05) is 11.3 Å². The van der Waals surface area contributed by atoms with Gasteiger partial charge >= 0.3 is 0 Å². The minimum absolute atomic E-state index is 0.739. The lowest BCUT2D eigenvalue weighted by molar-refractivity contribution is 0.314. The molecule has 0 fully saturated rings. The second-order valence-electron chi connectivity index (χ2n) is 5.21. The fourth-order valence-electron chi connectivity index (χ4n) is 2.67. The summed E-state index contributed by atoms with van der Waals surface area (Å²) in [6.07, 6.45) is 4.85. The van der Waals surface area contributed by atoms with Crippen LogP contribution in [0.25, 0.3) is 0 Å². The molecule has 1 aromatic carbocycles. The topological polar surface area (TPSA) is 21.3 Å². The third-order valence-electron chi connectivity index (χ3n) is 3.75. The van der Waals surface area contributed by atoms with Crippen LogP contribution in [0.3, 0.4) is 0 Å². The zero-order valence-electron chi connectivity index (χ0n) is 11.7. The van der Waals surface area contributed by atoms with Gasteiger partial charge in [-0.2, -0.15) is 0 Å². The van der Waals surface area contributed by atoms with Gasteiger partial charge in [0.05, 0.1) is 0 Å². The van der Waals surface area contributed by atoms with E-state index >= 15 is 0 Å². The molecule has 106 valence electrons. The van der Waals surface area contributed by atoms with E-state index in [4.69, 9.17) is 4.74 Å². The van der Waals surface area contributed by atoms with Crippen molar-refractivity contribution in [1.29, 1.82) is 0 Å². The second kappa shape index (κ2) is 6.91. The van der Waals surface area contributed by atoms with Gasteiger partial charge in [-0.25, -0.2) is 0 Å². The Kier molecular flexibility index (Phi) is 4.72. The number of rotatable bonds is 7. The van der Waals surface area contributed by atoms with E-state index < -0.39 is 0 Å². The summed E-state index contributed by atoms with van der Waals surface area (Å²) < 4.78 is 5.81. The minimum Gasteiger partial charge on any atom is -0.492 e. The Morgan fingerprint density at radius 3 is 2.95 bits per heavy atom. The van der Waals surface area contributed by atoms with Crippen molar-refractivity contribution in [3.05, 3.63) is 51.7 Å². The van der Waals surface area contributed by atoms with E-state index in [2.05, 4.69) is 41.0 Å². The smallest absolute Gasteiger partial charge is 0.119 e. The van der Waals surface area contributed by atoms with Crippen molar-refractivity contribution >= 4 is 11.3 Å². The molecule has 0 atom stereocenters. The van der Waals surface area contributed by atoms with E-state index in [-0.39, 0.29) is 0 Å². The van der Waals surface area contributed by atoms with Crippen molar-refractivity contribution in [3.63, 3.8) is 0 Å². The summed E-state index contributed by atoms with van der Waals surface area (Å²) in [5.74, 6) is 1.02. The van der Waals surface area contributed by atoms with Crippen LogP contribution in [0, 0.1) is 0 Å². The Balaban J connectivity index is 1.33. The first-order valence-corrected chi connectivity index (χ1v) is 8.27. The number of fused-ring (bicyclic) bond motifs is 1. The summed E-state index contributed by atoms with van der Waals surface area (Å²) in [6, 6.07) is 10.8. The predicted octanol–water partition coefficient (Wildman–Crippen LogP) is 3.45. The highest BCUT2D eigenvalue weighted by Crippen LogP contribution is 2.25. The normalized spacial score (nSPS) is 13.4. The van der Waals surface area contributed by atoms with Gasteiger partial charge in [-0.3, -0.25) is 0 Å². The number of nitrogens with one attached hydrogen (secondary N) is 1. The molecule has 1 N–H and O–H groups in total. The summed E-state index contributed by atoms with van der Waals surface area (Å²) in [6.45, 7) is 2.67.